The summed E-state index contributed by atoms with van der Waals surface area (Å²) in [6.45, 7) is 2.63. The predicted octanol–water partition coefficient (Wildman–Crippen LogP) is 3.64. The first-order valence-electron chi connectivity index (χ1n) is 9.06. The number of anilines is 1. The molecule has 1 N–H and O–H groups in total. The lowest BCUT2D eigenvalue weighted by Gasteiger charge is -2.24. The van der Waals surface area contributed by atoms with Crippen LogP contribution in [0.25, 0.3) is 0 Å². The first kappa shape index (κ1) is 17.2. The highest BCUT2D eigenvalue weighted by molar-refractivity contribution is 8.03. The van der Waals surface area contributed by atoms with Gasteiger partial charge in [-0.25, -0.2) is 0 Å². The zero-order valence-corrected chi connectivity index (χ0v) is 15.7. The molecule has 1 aromatic carbocycles. The Balaban J connectivity index is 1.44. The number of aromatic amines is 1. The van der Waals surface area contributed by atoms with Gasteiger partial charge in [-0.2, -0.15) is 5.10 Å². The van der Waals surface area contributed by atoms with Gasteiger partial charge in [0.15, 0.2) is 6.61 Å². The van der Waals surface area contributed by atoms with Crippen LogP contribution in [0.3, 0.4) is 0 Å². The Bertz CT molecular complexity index is 822. The number of H-pyrrole nitrogens is 1. The van der Waals surface area contributed by atoms with Gasteiger partial charge < -0.3 is 4.74 Å². The molecule has 4 rings (SSSR count). The van der Waals surface area contributed by atoms with E-state index in [0.717, 1.165) is 36.4 Å². The molecule has 2 aliphatic rings. The van der Waals surface area contributed by atoms with Gasteiger partial charge in [0.1, 0.15) is 11.6 Å². The third kappa shape index (κ3) is 3.65. The predicted molar refractivity (Wildman–Crippen MR) is 105 cm³/mol. The highest BCUT2D eigenvalue weighted by Gasteiger charge is 2.24. The smallest absolute Gasteiger partial charge is 0.266 e. The number of carbonyl (C=O) groups excluding carboxylic acids is 1. The van der Waals surface area contributed by atoms with Crippen molar-refractivity contribution in [2.45, 2.75) is 37.9 Å². The number of thioether (sulfide) groups is 1. The summed E-state index contributed by atoms with van der Waals surface area (Å²) in [6, 6.07) is 6.18. The van der Waals surface area contributed by atoms with Crippen LogP contribution in [0.15, 0.2) is 35.9 Å². The second-order valence-corrected chi connectivity index (χ2v) is 8.06. The van der Waals surface area contributed by atoms with E-state index >= 15 is 0 Å². The molecule has 1 amide bonds. The van der Waals surface area contributed by atoms with Crippen molar-refractivity contribution in [3.8, 4) is 5.75 Å². The summed E-state index contributed by atoms with van der Waals surface area (Å²) in [6.07, 6.45) is 8.33. The van der Waals surface area contributed by atoms with Gasteiger partial charge in [-0.1, -0.05) is 12.1 Å². The van der Waals surface area contributed by atoms with Crippen molar-refractivity contribution >= 4 is 23.5 Å². The number of aryl methyl sites for hydroxylation is 3. The summed E-state index contributed by atoms with van der Waals surface area (Å²) < 4.78 is 5.83. The van der Waals surface area contributed by atoms with Crippen molar-refractivity contribution < 1.29 is 9.53 Å². The molecule has 0 spiro atoms. The topological polar surface area (TPSA) is 58.2 Å². The highest BCUT2D eigenvalue weighted by Crippen LogP contribution is 2.28. The number of hydrogen-bond acceptors (Lipinski definition) is 4. The van der Waals surface area contributed by atoms with E-state index in [9.17, 15) is 4.79 Å². The fraction of sp³-hybridized carbons (Fsp3) is 0.400. The van der Waals surface area contributed by atoms with Crippen LogP contribution in [0.2, 0.25) is 0 Å². The molecule has 1 aromatic heterocycles. The molecule has 0 fully saturated rings. The maximum atomic E-state index is 12.9. The van der Waals surface area contributed by atoms with Crippen molar-refractivity contribution in [2.75, 3.05) is 18.1 Å². The van der Waals surface area contributed by atoms with Crippen LogP contribution in [-0.4, -0.2) is 34.5 Å². The first-order chi connectivity index (χ1) is 12.7. The summed E-state index contributed by atoms with van der Waals surface area (Å²) in [7, 11) is 0. The van der Waals surface area contributed by atoms with Crippen LogP contribution in [-0.2, 0) is 17.6 Å². The second kappa shape index (κ2) is 7.58. The zero-order chi connectivity index (χ0) is 17.9. The molecule has 136 valence electrons. The minimum atomic E-state index is -0.0506. The molecular formula is C20H23N3O2S. The van der Waals surface area contributed by atoms with Gasteiger partial charge in [0.2, 0.25) is 0 Å². The Morgan fingerprint density at radius 2 is 2.27 bits per heavy atom. The minimum Gasteiger partial charge on any atom is -0.484 e. The largest absolute Gasteiger partial charge is 0.484 e. The number of nitrogens with zero attached hydrogens (tertiary/aromatic N) is 2. The van der Waals surface area contributed by atoms with Crippen LogP contribution in [0.4, 0.5) is 5.82 Å². The molecule has 2 heterocycles. The number of nitrogens with one attached hydrogen (secondary N) is 1. The van der Waals surface area contributed by atoms with E-state index < -0.39 is 0 Å². The second-order valence-electron chi connectivity index (χ2n) is 6.84. The lowest BCUT2D eigenvalue weighted by molar-refractivity contribution is -0.120. The Morgan fingerprint density at radius 3 is 3.04 bits per heavy atom. The summed E-state index contributed by atoms with van der Waals surface area (Å²) >= 11 is 1.77. The van der Waals surface area contributed by atoms with Gasteiger partial charge >= 0.3 is 0 Å². The van der Waals surface area contributed by atoms with E-state index in [-0.39, 0.29) is 12.5 Å². The Morgan fingerprint density at radius 1 is 1.38 bits per heavy atom. The molecule has 1 unspecified atom stereocenters. The maximum Gasteiger partial charge on any atom is 0.266 e. The van der Waals surface area contributed by atoms with Gasteiger partial charge in [-0.15, -0.1) is 11.8 Å². The SMILES string of the molecule is Cc1cn[nH]c1N(CC1CC=CS1)C(=O)COc1ccc2c(c1)CCC2. The van der Waals surface area contributed by atoms with Crippen LogP contribution in [0.5, 0.6) is 5.75 Å². The molecule has 0 saturated heterocycles. The number of hydrogen-bond donors (Lipinski definition) is 1. The average Bonchev–Trinajstić information content (AvgIpc) is 3.39. The number of benzene rings is 1. The van der Waals surface area contributed by atoms with Gasteiger partial charge in [-0.05, 0) is 61.3 Å². The van der Waals surface area contributed by atoms with Gasteiger partial charge in [0, 0.05) is 17.4 Å². The fourth-order valence-corrected chi connectivity index (χ4v) is 4.44. The molecule has 1 aliphatic carbocycles. The first-order valence-corrected chi connectivity index (χ1v) is 10.0. The van der Waals surface area contributed by atoms with E-state index in [0.29, 0.717) is 11.8 Å². The summed E-state index contributed by atoms with van der Waals surface area (Å²) in [5.41, 5.74) is 3.72. The third-order valence-corrected chi connectivity index (χ3v) is 6.03. The summed E-state index contributed by atoms with van der Waals surface area (Å²) in [5, 5.41) is 9.52. The molecular weight excluding hydrogens is 346 g/mol. The molecule has 0 saturated carbocycles. The number of amides is 1. The summed E-state index contributed by atoms with van der Waals surface area (Å²) in [5.74, 6) is 1.49. The van der Waals surface area contributed by atoms with Crippen LogP contribution in [0.1, 0.15) is 29.5 Å². The molecule has 0 radical (unpaired) electrons. The van der Waals surface area contributed by atoms with Gasteiger partial charge in [0.05, 0.1) is 6.20 Å². The monoisotopic (exact) mass is 369 g/mol. The van der Waals surface area contributed by atoms with Gasteiger partial charge in [-0.3, -0.25) is 14.8 Å². The molecule has 6 heteroatoms. The normalized spacial score (nSPS) is 18.1. The van der Waals surface area contributed by atoms with Gasteiger partial charge in [0.25, 0.3) is 5.91 Å². The number of aromatic nitrogens is 2. The lowest BCUT2D eigenvalue weighted by Crippen LogP contribution is -2.39. The Labute approximate surface area is 157 Å². The van der Waals surface area contributed by atoms with E-state index in [1.54, 1.807) is 22.9 Å². The third-order valence-electron chi connectivity index (χ3n) is 4.96. The van der Waals surface area contributed by atoms with Crippen LogP contribution in [0, 0.1) is 6.92 Å². The van der Waals surface area contributed by atoms with E-state index in [4.69, 9.17) is 4.74 Å². The molecule has 1 aliphatic heterocycles. The standard InChI is InChI=1S/C20H23N3O2S/c1-14-11-21-22-20(14)23(12-18-6-3-9-26-18)19(24)13-25-17-8-7-15-4-2-5-16(15)10-17/h3,7-11,18H,2,4-6,12-13H2,1H3,(H,21,22). The van der Waals surface area contributed by atoms with Crippen molar-refractivity contribution in [1.29, 1.82) is 0 Å². The average molecular weight is 369 g/mol. The van der Waals surface area contributed by atoms with Crippen molar-refractivity contribution in [2.24, 2.45) is 0 Å². The quantitative estimate of drug-likeness (QED) is 0.845. The van der Waals surface area contributed by atoms with Crippen molar-refractivity contribution in [3.05, 3.63) is 52.6 Å². The Kier molecular flexibility index (Phi) is 5.02. The van der Waals surface area contributed by atoms with Crippen LogP contribution < -0.4 is 9.64 Å². The number of allylic oxidation sites excluding steroid dienone is 1. The van der Waals surface area contributed by atoms with Crippen LogP contribution >= 0.6 is 11.8 Å². The zero-order valence-electron chi connectivity index (χ0n) is 14.9. The van der Waals surface area contributed by atoms with E-state index in [1.165, 1.54) is 17.5 Å². The number of rotatable bonds is 6. The molecule has 2 aromatic rings. The fourth-order valence-electron chi connectivity index (χ4n) is 3.54. The summed E-state index contributed by atoms with van der Waals surface area (Å²) in [4.78, 5) is 14.7. The molecule has 0 bridgehead atoms. The van der Waals surface area contributed by atoms with E-state index in [1.807, 2.05) is 13.0 Å². The Hall–Kier alpha value is -2.21. The van der Waals surface area contributed by atoms with Crippen molar-refractivity contribution in [3.63, 3.8) is 0 Å². The van der Waals surface area contributed by atoms with E-state index in [2.05, 4.69) is 33.8 Å². The minimum absolute atomic E-state index is 0.0298. The number of carbonyl (C=O) groups is 1. The molecule has 5 nitrogen and oxygen atoms in total. The number of fused-ring (bicyclic) bond motifs is 1. The number of ether oxygens (including phenoxy) is 1. The molecule has 26 heavy (non-hydrogen) atoms. The maximum absolute atomic E-state index is 12.9. The molecule has 1 atom stereocenters. The van der Waals surface area contributed by atoms with Crippen molar-refractivity contribution in [1.82, 2.24) is 10.2 Å². The highest BCUT2D eigenvalue weighted by atomic mass is 32.2. The lowest BCUT2D eigenvalue weighted by atomic mass is 10.1.